The van der Waals surface area contributed by atoms with E-state index in [1.807, 2.05) is 18.2 Å². The monoisotopic (exact) mass is 333 g/mol. The van der Waals surface area contributed by atoms with Crippen LogP contribution in [0.3, 0.4) is 0 Å². The van der Waals surface area contributed by atoms with E-state index in [2.05, 4.69) is 35.1 Å². The van der Waals surface area contributed by atoms with E-state index in [9.17, 15) is 0 Å². The zero-order chi connectivity index (χ0) is 13.4. The van der Waals surface area contributed by atoms with E-state index < -0.39 is 0 Å². The minimum atomic E-state index is 0.663. The summed E-state index contributed by atoms with van der Waals surface area (Å²) in [5, 5.41) is 4.08. The third kappa shape index (κ3) is 6.62. The molecule has 0 unspecified atom stereocenters. The van der Waals surface area contributed by atoms with Crippen LogP contribution in [0.25, 0.3) is 0 Å². The molecule has 0 amide bonds. The van der Waals surface area contributed by atoms with Gasteiger partial charge in [0.1, 0.15) is 5.75 Å². The van der Waals surface area contributed by atoms with Crippen molar-refractivity contribution in [1.82, 2.24) is 5.32 Å². The van der Waals surface area contributed by atoms with Gasteiger partial charge in [-0.1, -0.05) is 41.4 Å². The molecule has 18 heavy (non-hydrogen) atoms. The second kappa shape index (κ2) is 8.78. The molecule has 0 fully saturated rings. The number of halogens is 2. The highest BCUT2D eigenvalue weighted by Crippen LogP contribution is 2.27. The fourth-order valence-corrected chi connectivity index (χ4v) is 2.02. The molecule has 1 aromatic rings. The molecule has 1 rings (SSSR count). The van der Waals surface area contributed by atoms with Crippen molar-refractivity contribution in [1.29, 1.82) is 0 Å². The third-order valence-corrected chi connectivity index (χ3v) is 3.26. The summed E-state index contributed by atoms with van der Waals surface area (Å²) in [6.45, 7) is 7.27. The number of rotatable bonds is 8. The van der Waals surface area contributed by atoms with E-state index in [0.29, 0.717) is 17.5 Å². The Labute approximate surface area is 123 Å². The van der Waals surface area contributed by atoms with E-state index in [0.717, 1.165) is 36.2 Å². The lowest BCUT2D eigenvalue weighted by atomic mass is 10.2. The van der Waals surface area contributed by atoms with Gasteiger partial charge in [0.05, 0.1) is 11.6 Å². The van der Waals surface area contributed by atoms with Crippen LogP contribution < -0.4 is 10.1 Å². The van der Waals surface area contributed by atoms with E-state index in [1.165, 1.54) is 0 Å². The molecule has 0 aliphatic rings. The van der Waals surface area contributed by atoms with Crippen molar-refractivity contribution in [3.63, 3.8) is 0 Å². The minimum absolute atomic E-state index is 0.663. The molecule has 0 saturated carbocycles. The smallest absolute Gasteiger partial charge is 0.139 e. The standard InChI is InChI=1S/C14H21BrClNO/c1-11(2)10-17-7-3-4-8-18-14-9-12(15)5-6-13(14)16/h5-6,9,11,17H,3-4,7-8,10H2,1-2H3. The zero-order valence-corrected chi connectivity index (χ0v) is 13.4. The van der Waals surface area contributed by atoms with Crippen molar-refractivity contribution in [3.8, 4) is 5.75 Å². The Morgan fingerprint density at radius 3 is 2.83 bits per heavy atom. The van der Waals surface area contributed by atoms with Gasteiger partial charge in [-0.05, 0) is 50.0 Å². The van der Waals surface area contributed by atoms with Gasteiger partial charge in [0, 0.05) is 4.47 Å². The summed E-state index contributed by atoms with van der Waals surface area (Å²) >= 11 is 9.44. The molecular formula is C14H21BrClNO. The van der Waals surface area contributed by atoms with E-state index >= 15 is 0 Å². The first-order valence-corrected chi connectivity index (χ1v) is 7.55. The molecule has 0 atom stereocenters. The van der Waals surface area contributed by atoms with Crippen molar-refractivity contribution < 1.29 is 4.74 Å². The molecule has 0 bridgehead atoms. The molecule has 0 heterocycles. The Morgan fingerprint density at radius 1 is 1.33 bits per heavy atom. The predicted octanol–water partition coefficient (Wildman–Crippen LogP) is 4.51. The van der Waals surface area contributed by atoms with Crippen LogP contribution in [0.1, 0.15) is 26.7 Å². The number of hydrogen-bond acceptors (Lipinski definition) is 2. The predicted molar refractivity (Wildman–Crippen MR) is 81.6 cm³/mol. The molecular weight excluding hydrogens is 314 g/mol. The van der Waals surface area contributed by atoms with Gasteiger partial charge in [-0.15, -0.1) is 0 Å². The maximum absolute atomic E-state index is 6.04. The molecule has 4 heteroatoms. The molecule has 2 nitrogen and oxygen atoms in total. The van der Waals surface area contributed by atoms with Crippen LogP contribution in [-0.2, 0) is 0 Å². The normalized spacial score (nSPS) is 10.9. The molecule has 0 radical (unpaired) electrons. The second-order valence-corrected chi connectivity index (χ2v) is 6.05. The maximum Gasteiger partial charge on any atom is 0.139 e. The summed E-state index contributed by atoms with van der Waals surface area (Å²) in [4.78, 5) is 0. The Kier molecular flexibility index (Phi) is 7.71. The number of benzene rings is 1. The first-order chi connectivity index (χ1) is 8.59. The molecule has 0 aromatic heterocycles. The molecule has 0 aliphatic carbocycles. The number of unbranched alkanes of at least 4 members (excludes halogenated alkanes) is 1. The molecule has 0 saturated heterocycles. The van der Waals surface area contributed by atoms with Crippen LogP contribution in [0.4, 0.5) is 0 Å². The Morgan fingerprint density at radius 2 is 2.11 bits per heavy atom. The van der Waals surface area contributed by atoms with Gasteiger partial charge in [-0.3, -0.25) is 0 Å². The van der Waals surface area contributed by atoms with Crippen molar-refractivity contribution >= 4 is 27.5 Å². The van der Waals surface area contributed by atoms with E-state index in [4.69, 9.17) is 16.3 Å². The molecule has 1 N–H and O–H groups in total. The quantitative estimate of drug-likeness (QED) is 0.706. The van der Waals surface area contributed by atoms with Crippen molar-refractivity contribution in [3.05, 3.63) is 27.7 Å². The van der Waals surface area contributed by atoms with Crippen LogP contribution >= 0.6 is 27.5 Å². The maximum atomic E-state index is 6.04. The van der Waals surface area contributed by atoms with Crippen molar-refractivity contribution in [2.24, 2.45) is 5.92 Å². The molecule has 0 aliphatic heterocycles. The molecule has 1 aromatic carbocycles. The summed E-state index contributed by atoms with van der Waals surface area (Å²) < 4.78 is 6.64. The number of hydrogen-bond donors (Lipinski definition) is 1. The van der Waals surface area contributed by atoms with Crippen molar-refractivity contribution in [2.45, 2.75) is 26.7 Å². The van der Waals surface area contributed by atoms with Gasteiger partial charge in [0.2, 0.25) is 0 Å². The Bertz CT molecular complexity index is 358. The SMILES string of the molecule is CC(C)CNCCCCOc1cc(Br)ccc1Cl. The van der Waals surface area contributed by atoms with Gasteiger partial charge in [0.15, 0.2) is 0 Å². The summed E-state index contributed by atoms with van der Waals surface area (Å²) in [6, 6.07) is 5.65. The minimum Gasteiger partial charge on any atom is -0.492 e. The average Bonchev–Trinajstić information content (AvgIpc) is 2.32. The average molecular weight is 335 g/mol. The second-order valence-electron chi connectivity index (χ2n) is 4.73. The Hall–Kier alpha value is -0.250. The van der Waals surface area contributed by atoms with Gasteiger partial charge < -0.3 is 10.1 Å². The van der Waals surface area contributed by atoms with Crippen LogP contribution in [-0.4, -0.2) is 19.7 Å². The fraction of sp³-hybridized carbons (Fsp3) is 0.571. The first-order valence-electron chi connectivity index (χ1n) is 6.38. The lowest BCUT2D eigenvalue weighted by Gasteiger charge is -2.09. The highest BCUT2D eigenvalue weighted by molar-refractivity contribution is 9.10. The van der Waals surface area contributed by atoms with Gasteiger partial charge in [-0.25, -0.2) is 0 Å². The largest absolute Gasteiger partial charge is 0.492 e. The lowest BCUT2D eigenvalue weighted by molar-refractivity contribution is 0.305. The first kappa shape index (κ1) is 15.8. The zero-order valence-electron chi connectivity index (χ0n) is 11.0. The summed E-state index contributed by atoms with van der Waals surface area (Å²) in [7, 11) is 0. The highest BCUT2D eigenvalue weighted by Gasteiger charge is 2.01. The van der Waals surface area contributed by atoms with Gasteiger partial charge in [-0.2, -0.15) is 0 Å². The number of ether oxygens (including phenoxy) is 1. The summed E-state index contributed by atoms with van der Waals surface area (Å²) in [5.74, 6) is 1.46. The van der Waals surface area contributed by atoms with E-state index in [-0.39, 0.29) is 0 Å². The topological polar surface area (TPSA) is 21.3 Å². The fourth-order valence-electron chi connectivity index (χ4n) is 1.51. The lowest BCUT2D eigenvalue weighted by Crippen LogP contribution is -2.21. The molecule has 0 spiro atoms. The summed E-state index contributed by atoms with van der Waals surface area (Å²) in [6.07, 6.45) is 2.16. The molecule has 102 valence electrons. The number of nitrogens with one attached hydrogen (secondary N) is 1. The Balaban J connectivity index is 2.12. The van der Waals surface area contributed by atoms with Gasteiger partial charge in [0.25, 0.3) is 0 Å². The van der Waals surface area contributed by atoms with E-state index in [1.54, 1.807) is 0 Å². The van der Waals surface area contributed by atoms with Crippen LogP contribution in [0.15, 0.2) is 22.7 Å². The highest BCUT2D eigenvalue weighted by atomic mass is 79.9. The third-order valence-electron chi connectivity index (χ3n) is 2.45. The van der Waals surface area contributed by atoms with Crippen LogP contribution in [0.2, 0.25) is 5.02 Å². The van der Waals surface area contributed by atoms with Gasteiger partial charge >= 0.3 is 0 Å². The van der Waals surface area contributed by atoms with Crippen LogP contribution in [0.5, 0.6) is 5.75 Å². The van der Waals surface area contributed by atoms with Crippen molar-refractivity contribution in [2.75, 3.05) is 19.7 Å². The summed E-state index contributed by atoms with van der Waals surface area (Å²) in [5.41, 5.74) is 0. The van der Waals surface area contributed by atoms with Crippen LogP contribution in [0, 0.1) is 5.92 Å².